The highest BCUT2D eigenvalue weighted by molar-refractivity contribution is 6.76. The summed E-state index contributed by atoms with van der Waals surface area (Å²) in [6.45, 7) is 33.7. The van der Waals surface area contributed by atoms with E-state index in [0.717, 1.165) is 23.4 Å². The van der Waals surface area contributed by atoms with Gasteiger partial charge in [0.25, 0.3) is 0 Å². The second-order valence-corrected chi connectivity index (χ2v) is 29.2. The third-order valence-electron chi connectivity index (χ3n) is 18.2. The molecule has 0 spiro atoms. The monoisotopic (exact) mass is 838 g/mol. The highest BCUT2D eigenvalue weighted by Gasteiger charge is 2.59. The molecule has 0 heterocycles. The maximum absolute atomic E-state index is 3.21. The summed E-state index contributed by atoms with van der Waals surface area (Å²) in [7, 11) is -1.90. The predicted molar refractivity (Wildman–Crippen MR) is 269 cm³/mol. The normalized spacial score (nSPS) is 27.0. The number of hydrogen-bond donors (Lipinski definition) is 0. The Bertz CT molecular complexity index is 1590. The highest BCUT2D eigenvalue weighted by Crippen LogP contribution is 2.65. The quantitative estimate of drug-likeness (QED) is 0.0881. The smallest absolute Gasteiger partial charge is 0.127 e. The minimum Gasteiger partial charge on any atom is -0.316 e. The van der Waals surface area contributed by atoms with Gasteiger partial charge in [-0.15, -0.1) is 0 Å². The summed E-state index contributed by atoms with van der Waals surface area (Å²) in [6, 6.07) is 6.47. The molecule has 1 aromatic rings. The van der Waals surface area contributed by atoms with Gasteiger partial charge < -0.3 is 4.57 Å². The van der Waals surface area contributed by atoms with Crippen molar-refractivity contribution in [3.05, 3.63) is 52.1 Å². The lowest BCUT2D eigenvalue weighted by Gasteiger charge is -2.56. The second-order valence-electron chi connectivity index (χ2n) is 24.8. The number of nitrogens with zero attached hydrogens (tertiary/aromatic N) is 1. The molecule has 5 aliphatic carbocycles. The van der Waals surface area contributed by atoms with Crippen molar-refractivity contribution < 1.29 is 0 Å². The fourth-order valence-corrected chi connectivity index (χ4v) is 21.1. The van der Waals surface area contributed by atoms with Crippen LogP contribution in [0.25, 0.3) is 5.57 Å². The standard InChI is InChI=1S/C58H99NSi/c1-14-16-18-20-22-24-26-31-35-58(36-32-27-25-23-21-19-17-15-2)50-40-46-43(3)44(4)54(60(12,13)59(55(5,6)7)45-33-29-28-30-34-45)49(46)39-47(50)48-41-52-53(42-51(48)58)57(10,11)38-37-56(52,8)9/h39-46,49,54H,14-38H2,1-13H3. The third kappa shape index (κ3) is 9.91. The molecular formula is C58H99NSi. The zero-order chi connectivity index (χ0) is 43.5. The summed E-state index contributed by atoms with van der Waals surface area (Å²) in [4.78, 5) is 0. The van der Waals surface area contributed by atoms with Crippen LogP contribution in [0.4, 0.5) is 0 Å². The van der Waals surface area contributed by atoms with Crippen LogP contribution in [0.2, 0.25) is 18.6 Å². The van der Waals surface area contributed by atoms with Crippen LogP contribution < -0.4 is 0 Å². The van der Waals surface area contributed by atoms with Crippen molar-refractivity contribution in [2.45, 2.75) is 283 Å². The van der Waals surface area contributed by atoms with E-state index in [-0.39, 0.29) is 21.8 Å². The first-order valence-corrected chi connectivity index (χ1v) is 29.9. The number of hydrogen-bond acceptors (Lipinski definition) is 1. The summed E-state index contributed by atoms with van der Waals surface area (Å²) in [5.74, 6) is 2.79. The zero-order valence-corrected chi connectivity index (χ0v) is 43.4. The molecule has 1 aromatic carbocycles. The van der Waals surface area contributed by atoms with E-state index in [1.54, 1.807) is 27.8 Å². The molecule has 0 radical (unpaired) electrons. The van der Waals surface area contributed by atoms with Gasteiger partial charge in [-0.3, -0.25) is 0 Å². The Labute approximate surface area is 375 Å². The SMILES string of the molecule is CCCCCCCCCCC1(CCCCCCCCCC)C2=CC3C(C)C(C)C([Si](C)(C)N(C4CCCCC4)C(C)(C)C)C3C=C2c2cc3c(cc21)C(C)(C)CCC3(C)C. The Balaban J connectivity index is 1.44. The number of rotatable bonds is 21. The van der Waals surface area contributed by atoms with Crippen molar-refractivity contribution in [1.82, 2.24) is 4.57 Å². The summed E-state index contributed by atoms with van der Waals surface area (Å²) in [5, 5.41) is 0. The molecule has 5 atom stereocenters. The average molecular weight is 839 g/mol. The van der Waals surface area contributed by atoms with Crippen LogP contribution in [0.5, 0.6) is 0 Å². The maximum Gasteiger partial charge on any atom is 0.127 e. The minimum atomic E-state index is -1.90. The Hall–Kier alpha value is -1.12. The van der Waals surface area contributed by atoms with Gasteiger partial charge in [-0.1, -0.05) is 215 Å². The van der Waals surface area contributed by atoms with Crippen molar-refractivity contribution in [3.8, 4) is 0 Å². The molecule has 2 saturated carbocycles. The van der Waals surface area contributed by atoms with Gasteiger partial charge in [0.05, 0.1) is 0 Å². The van der Waals surface area contributed by atoms with Crippen molar-refractivity contribution in [3.63, 3.8) is 0 Å². The molecule has 5 unspecified atom stereocenters. The molecule has 6 rings (SSSR count). The van der Waals surface area contributed by atoms with Gasteiger partial charge in [-0.25, -0.2) is 0 Å². The van der Waals surface area contributed by atoms with E-state index in [2.05, 4.69) is 118 Å². The molecule has 0 N–H and O–H groups in total. The van der Waals surface area contributed by atoms with Crippen LogP contribution in [0.1, 0.15) is 259 Å². The van der Waals surface area contributed by atoms with Crippen LogP contribution in [0.3, 0.4) is 0 Å². The first-order chi connectivity index (χ1) is 28.4. The van der Waals surface area contributed by atoms with Gasteiger partial charge in [0.1, 0.15) is 8.24 Å². The molecule has 340 valence electrons. The van der Waals surface area contributed by atoms with Gasteiger partial charge in [0.2, 0.25) is 0 Å². The molecule has 60 heavy (non-hydrogen) atoms. The molecule has 5 aliphatic rings. The van der Waals surface area contributed by atoms with Crippen LogP contribution in [-0.4, -0.2) is 24.4 Å². The van der Waals surface area contributed by atoms with E-state index in [9.17, 15) is 0 Å². The van der Waals surface area contributed by atoms with E-state index in [1.807, 2.05) is 5.57 Å². The van der Waals surface area contributed by atoms with Crippen molar-refractivity contribution >= 4 is 13.8 Å². The van der Waals surface area contributed by atoms with Gasteiger partial charge in [-0.05, 0) is 133 Å². The summed E-state index contributed by atoms with van der Waals surface area (Å²) in [5.41, 5.74) is 11.9. The van der Waals surface area contributed by atoms with Crippen molar-refractivity contribution in [2.75, 3.05) is 0 Å². The van der Waals surface area contributed by atoms with Gasteiger partial charge in [0, 0.05) is 17.0 Å². The number of unbranched alkanes of at least 4 members (excludes halogenated alkanes) is 14. The lowest BCUT2D eigenvalue weighted by atomic mass is 9.61. The molecule has 0 aliphatic heterocycles. The molecule has 0 amide bonds. The number of fused-ring (bicyclic) bond motifs is 5. The third-order valence-corrected chi connectivity index (χ3v) is 23.0. The fourth-order valence-electron chi connectivity index (χ4n) is 15.0. The van der Waals surface area contributed by atoms with Crippen LogP contribution >= 0.6 is 0 Å². The van der Waals surface area contributed by atoms with Crippen LogP contribution in [-0.2, 0) is 16.2 Å². The minimum absolute atomic E-state index is 0.163. The average Bonchev–Trinajstić information content (AvgIpc) is 3.60. The first kappa shape index (κ1) is 48.3. The van der Waals surface area contributed by atoms with Gasteiger partial charge >= 0.3 is 0 Å². The molecule has 2 fully saturated rings. The van der Waals surface area contributed by atoms with Crippen molar-refractivity contribution in [1.29, 1.82) is 0 Å². The Morgan fingerprint density at radius 1 is 0.600 bits per heavy atom. The molecule has 0 bridgehead atoms. The van der Waals surface area contributed by atoms with Crippen LogP contribution in [0, 0.1) is 23.7 Å². The fraction of sp³-hybridized carbons (Fsp3) is 0.828. The lowest BCUT2D eigenvalue weighted by molar-refractivity contribution is 0.138. The Morgan fingerprint density at radius 2 is 1.08 bits per heavy atom. The second kappa shape index (κ2) is 19.9. The lowest BCUT2D eigenvalue weighted by Crippen LogP contribution is -2.65. The largest absolute Gasteiger partial charge is 0.316 e. The molecule has 1 nitrogen and oxygen atoms in total. The van der Waals surface area contributed by atoms with Gasteiger partial charge in [-0.2, -0.15) is 0 Å². The van der Waals surface area contributed by atoms with E-state index in [0.29, 0.717) is 11.8 Å². The maximum atomic E-state index is 3.21. The van der Waals surface area contributed by atoms with Gasteiger partial charge in [0.15, 0.2) is 0 Å². The Kier molecular flexibility index (Phi) is 16.1. The highest BCUT2D eigenvalue weighted by atomic mass is 28.3. The topological polar surface area (TPSA) is 3.24 Å². The first-order valence-electron chi connectivity index (χ1n) is 26.9. The van der Waals surface area contributed by atoms with E-state index in [1.165, 1.54) is 161 Å². The van der Waals surface area contributed by atoms with Crippen LogP contribution in [0.15, 0.2) is 29.9 Å². The molecule has 0 saturated heterocycles. The zero-order valence-electron chi connectivity index (χ0n) is 42.4. The number of benzene rings is 1. The molecule has 2 heteroatoms. The molecule has 0 aromatic heterocycles. The molecular weight excluding hydrogens is 739 g/mol. The summed E-state index contributed by atoms with van der Waals surface area (Å²) < 4.78 is 3.21. The van der Waals surface area contributed by atoms with E-state index < -0.39 is 8.24 Å². The summed E-state index contributed by atoms with van der Waals surface area (Å²) in [6.07, 6.45) is 40.9. The summed E-state index contributed by atoms with van der Waals surface area (Å²) >= 11 is 0. The van der Waals surface area contributed by atoms with E-state index >= 15 is 0 Å². The number of allylic oxidation sites excluding steroid dienone is 4. The van der Waals surface area contributed by atoms with E-state index in [4.69, 9.17) is 0 Å². The van der Waals surface area contributed by atoms with Crippen molar-refractivity contribution in [2.24, 2.45) is 23.7 Å². The Morgan fingerprint density at radius 3 is 1.58 bits per heavy atom. The predicted octanol–water partition coefficient (Wildman–Crippen LogP) is 18.2.